The lowest BCUT2D eigenvalue weighted by Crippen LogP contribution is -2.34. The summed E-state index contributed by atoms with van der Waals surface area (Å²) in [6.07, 6.45) is 1.98. The first-order valence-corrected chi connectivity index (χ1v) is 8.19. The van der Waals surface area contributed by atoms with E-state index in [0.29, 0.717) is 28.3 Å². The zero-order valence-corrected chi connectivity index (χ0v) is 14.0. The van der Waals surface area contributed by atoms with E-state index in [1.807, 2.05) is 13.8 Å². The minimum absolute atomic E-state index is 0.0859. The minimum Gasteiger partial charge on any atom is -0.481 e. The number of aliphatic carboxylic acids is 1. The average molecular weight is 331 g/mol. The number of amides is 1. The Morgan fingerprint density at radius 2 is 2.08 bits per heavy atom. The zero-order chi connectivity index (χ0) is 17.4. The second-order valence-corrected chi connectivity index (χ2v) is 6.74. The van der Waals surface area contributed by atoms with Crippen molar-refractivity contribution in [3.63, 3.8) is 0 Å². The molecule has 0 spiro atoms. The second kappa shape index (κ2) is 6.22. The van der Waals surface area contributed by atoms with E-state index in [1.54, 1.807) is 13.0 Å². The number of nitrogens with one attached hydrogen (secondary N) is 1. The summed E-state index contributed by atoms with van der Waals surface area (Å²) < 4.78 is 5.35. The zero-order valence-electron chi connectivity index (χ0n) is 14.0. The van der Waals surface area contributed by atoms with E-state index >= 15 is 0 Å². The molecule has 0 radical (unpaired) electrons. The third-order valence-electron chi connectivity index (χ3n) is 4.14. The Hall–Kier alpha value is -2.44. The molecular weight excluding hydrogens is 310 g/mol. The number of carbonyl (C=O) groups excluding carboxylic acids is 1. The van der Waals surface area contributed by atoms with Gasteiger partial charge in [0.05, 0.1) is 23.1 Å². The van der Waals surface area contributed by atoms with E-state index < -0.39 is 12.0 Å². The van der Waals surface area contributed by atoms with Gasteiger partial charge in [-0.05, 0) is 31.7 Å². The predicted molar refractivity (Wildman–Crippen MR) is 87.0 cm³/mol. The number of aromatic nitrogens is 2. The fourth-order valence-electron chi connectivity index (χ4n) is 2.77. The van der Waals surface area contributed by atoms with Crippen LogP contribution in [0.25, 0.3) is 11.1 Å². The first kappa shape index (κ1) is 16.4. The topological polar surface area (TPSA) is 105 Å². The van der Waals surface area contributed by atoms with Crippen LogP contribution in [0.3, 0.4) is 0 Å². The fourth-order valence-corrected chi connectivity index (χ4v) is 2.77. The van der Waals surface area contributed by atoms with Crippen LogP contribution >= 0.6 is 0 Å². The Balaban J connectivity index is 2.01. The summed E-state index contributed by atoms with van der Waals surface area (Å²) in [7, 11) is 0. The number of nitrogens with zero attached hydrogens (tertiary/aromatic N) is 2. The largest absolute Gasteiger partial charge is 0.481 e. The Morgan fingerprint density at radius 1 is 1.38 bits per heavy atom. The average Bonchev–Trinajstić information content (AvgIpc) is 3.24. The molecule has 2 aromatic rings. The molecular formula is C17H21N3O4. The van der Waals surface area contributed by atoms with Crippen molar-refractivity contribution < 1.29 is 19.2 Å². The molecule has 7 heteroatoms. The highest BCUT2D eigenvalue weighted by molar-refractivity contribution is 6.06. The number of pyridine rings is 1. The van der Waals surface area contributed by atoms with Crippen molar-refractivity contribution in [2.75, 3.05) is 0 Å². The quantitative estimate of drug-likeness (QED) is 0.843. The molecule has 0 saturated heterocycles. The van der Waals surface area contributed by atoms with Gasteiger partial charge in [-0.3, -0.25) is 9.59 Å². The highest BCUT2D eigenvalue weighted by Gasteiger charge is 2.29. The van der Waals surface area contributed by atoms with Gasteiger partial charge in [-0.2, -0.15) is 0 Å². The first-order valence-electron chi connectivity index (χ1n) is 8.19. The molecule has 1 amide bonds. The van der Waals surface area contributed by atoms with Crippen LogP contribution in [0.15, 0.2) is 10.6 Å². The van der Waals surface area contributed by atoms with Crippen molar-refractivity contribution in [3.05, 3.63) is 23.0 Å². The van der Waals surface area contributed by atoms with Crippen LogP contribution in [-0.2, 0) is 4.79 Å². The monoisotopic (exact) mass is 331 g/mol. The third-order valence-corrected chi connectivity index (χ3v) is 4.14. The van der Waals surface area contributed by atoms with Gasteiger partial charge in [0.1, 0.15) is 0 Å². The van der Waals surface area contributed by atoms with Crippen LogP contribution in [0.5, 0.6) is 0 Å². The molecule has 1 aliphatic carbocycles. The van der Waals surface area contributed by atoms with E-state index in [4.69, 9.17) is 9.63 Å². The first-order chi connectivity index (χ1) is 11.4. The standard InChI is InChI=1S/C17H21N3O4/c1-8(2)15-14-11(16(23)18-9(3)6-13(21)22)7-12(10-4-5-10)19-17(14)24-20-15/h7-10H,4-6H2,1-3H3,(H,18,23)(H,21,22). The molecule has 24 heavy (non-hydrogen) atoms. The van der Waals surface area contributed by atoms with Crippen molar-refractivity contribution in [1.82, 2.24) is 15.5 Å². The van der Waals surface area contributed by atoms with Crippen molar-refractivity contribution in [1.29, 1.82) is 0 Å². The van der Waals surface area contributed by atoms with E-state index in [2.05, 4.69) is 15.5 Å². The predicted octanol–water partition coefficient (Wildman–Crippen LogP) is 2.82. The summed E-state index contributed by atoms with van der Waals surface area (Å²) in [5.41, 5.74) is 2.36. The number of carboxylic acids is 1. The molecule has 3 rings (SSSR count). The molecule has 7 nitrogen and oxygen atoms in total. The Morgan fingerprint density at radius 3 is 2.67 bits per heavy atom. The molecule has 128 valence electrons. The van der Waals surface area contributed by atoms with E-state index in [9.17, 15) is 9.59 Å². The molecule has 2 aromatic heterocycles. The number of carbonyl (C=O) groups is 2. The summed E-state index contributed by atoms with van der Waals surface area (Å²) in [5.74, 6) is -0.815. The van der Waals surface area contributed by atoms with E-state index in [1.165, 1.54) is 0 Å². The number of hydrogen-bond donors (Lipinski definition) is 2. The summed E-state index contributed by atoms with van der Waals surface area (Å²) in [6, 6.07) is 1.33. The van der Waals surface area contributed by atoms with E-state index in [0.717, 1.165) is 18.5 Å². The summed E-state index contributed by atoms with van der Waals surface area (Å²) in [6.45, 7) is 5.62. The van der Waals surface area contributed by atoms with E-state index in [-0.39, 0.29) is 18.2 Å². The molecule has 2 heterocycles. The Bertz CT molecular complexity index is 792. The lowest BCUT2D eigenvalue weighted by Gasteiger charge is -2.13. The number of carboxylic acid groups (broad SMARTS) is 1. The molecule has 2 N–H and O–H groups in total. The lowest BCUT2D eigenvalue weighted by atomic mass is 10.0. The smallest absolute Gasteiger partial charge is 0.305 e. The number of hydrogen-bond acceptors (Lipinski definition) is 5. The number of rotatable bonds is 6. The van der Waals surface area contributed by atoms with Gasteiger partial charge in [0.2, 0.25) is 0 Å². The van der Waals surface area contributed by atoms with Crippen LogP contribution in [-0.4, -0.2) is 33.2 Å². The minimum atomic E-state index is -0.950. The summed E-state index contributed by atoms with van der Waals surface area (Å²) in [4.78, 5) is 28.0. The van der Waals surface area contributed by atoms with Crippen LogP contribution in [0.2, 0.25) is 0 Å². The molecule has 1 fully saturated rings. The van der Waals surface area contributed by atoms with Crippen molar-refractivity contribution >= 4 is 23.0 Å². The fraction of sp³-hybridized carbons (Fsp3) is 0.529. The maximum Gasteiger partial charge on any atom is 0.305 e. The maximum absolute atomic E-state index is 12.7. The molecule has 0 bridgehead atoms. The Kier molecular flexibility index (Phi) is 4.26. The van der Waals surface area contributed by atoms with Gasteiger partial charge in [0, 0.05) is 17.7 Å². The summed E-state index contributed by atoms with van der Waals surface area (Å²) in [5, 5.41) is 16.3. The van der Waals surface area contributed by atoms with Crippen LogP contribution in [0, 0.1) is 0 Å². The highest BCUT2D eigenvalue weighted by atomic mass is 16.5. The number of fused-ring (bicyclic) bond motifs is 1. The van der Waals surface area contributed by atoms with Crippen LogP contribution < -0.4 is 5.32 Å². The molecule has 1 aliphatic rings. The van der Waals surface area contributed by atoms with Crippen LogP contribution in [0.1, 0.15) is 73.6 Å². The van der Waals surface area contributed by atoms with Crippen molar-refractivity contribution in [2.24, 2.45) is 0 Å². The molecule has 1 saturated carbocycles. The molecule has 1 atom stereocenters. The van der Waals surface area contributed by atoms with Gasteiger partial charge >= 0.3 is 5.97 Å². The van der Waals surface area contributed by atoms with Gasteiger partial charge in [-0.15, -0.1) is 0 Å². The van der Waals surface area contributed by atoms with Gasteiger partial charge in [0.25, 0.3) is 11.6 Å². The summed E-state index contributed by atoms with van der Waals surface area (Å²) >= 11 is 0. The highest BCUT2D eigenvalue weighted by Crippen LogP contribution is 2.41. The van der Waals surface area contributed by atoms with Crippen molar-refractivity contribution in [3.8, 4) is 0 Å². The normalized spacial score (nSPS) is 15.7. The van der Waals surface area contributed by atoms with Crippen molar-refractivity contribution in [2.45, 2.75) is 57.9 Å². The van der Waals surface area contributed by atoms with Crippen LogP contribution in [0.4, 0.5) is 0 Å². The maximum atomic E-state index is 12.7. The van der Waals surface area contributed by atoms with Gasteiger partial charge in [-0.1, -0.05) is 19.0 Å². The second-order valence-electron chi connectivity index (χ2n) is 6.74. The van der Waals surface area contributed by atoms with Gasteiger partial charge in [-0.25, -0.2) is 4.98 Å². The SMILES string of the molecule is CC(CC(=O)O)NC(=O)c1cc(C2CC2)nc2onc(C(C)C)c12. The molecule has 1 unspecified atom stereocenters. The lowest BCUT2D eigenvalue weighted by molar-refractivity contribution is -0.137. The van der Waals surface area contributed by atoms with Gasteiger partial charge < -0.3 is 14.9 Å². The third kappa shape index (κ3) is 3.25. The molecule has 0 aliphatic heterocycles. The molecule has 0 aromatic carbocycles. The Labute approximate surface area is 139 Å². The van der Waals surface area contributed by atoms with Gasteiger partial charge in [0.15, 0.2) is 0 Å².